The van der Waals surface area contributed by atoms with Crippen molar-refractivity contribution in [3.8, 4) is 40.2 Å². The van der Waals surface area contributed by atoms with E-state index in [4.69, 9.17) is 33.2 Å². The van der Waals surface area contributed by atoms with Crippen LogP contribution < -0.4 is 23.7 Å². The topological polar surface area (TPSA) is 146 Å². The Morgan fingerprint density at radius 3 is 1.90 bits per heavy atom. The zero-order valence-corrected chi connectivity index (χ0v) is 23.9. The number of para-hydroxylation sites is 1. The fourth-order valence-electron chi connectivity index (χ4n) is 5.84. The van der Waals surface area contributed by atoms with Crippen molar-refractivity contribution in [2.45, 2.75) is 24.4 Å². The maximum atomic E-state index is 11.1. The smallest absolute Gasteiger partial charge is 0.204 e. The van der Waals surface area contributed by atoms with E-state index in [1.54, 1.807) is 36.4 Å². The van der Waals surface area contributed by atoms with Gasteiger partial charge in [-0.15, -0.1) is 0 Å². The molecule has 0 bridgehead atoms. The highest BCUT2D eigenvalue weighted by atomic mass is 16.6. The van der Waals surface area contributed by atoms with Crippen LogP contribution in [0.4, 0.5) is 0 Å². The summed E-state index contributed by atoms with van der Waals surface area (Å²) in [5, 5.41) is 41.4. The van der Waals surface area contributed by atoms with Gasteiger partial charge in [-0.1, -0.05) is 18.2 Å². The molecule has 0 aliphatic carbocycles. The number of phenols is 2. The summed E-state index contributed by atoms with van der Waals surface area (Å²) in [6.07, 6.45) is -3.03. The third kappa shape index (κ3) is 5.36. The van der Waals surface area contributed by atoms with Crippen LogP contribution in [0, 0.1) is 11.8 Å². The van der Waals surface area contributed by atoms with Crippen molar-refractivity contribution in [3.05, 3.63) is 65.2 Å². The van der Waals surface area contributed by atoms with E-state index in [2.05, 4.69) is 0 Å². The molecule has 2 aliphatic heterocycles. The van der Waals surface area contributed by atoms with Crippen molar-refractivity contribution in [1.82, 2.24) is 0 Å². The number of ether oxygens (including phenoxy) is 7. The summed E-state index contributed by atoms with van der Waals surface area (Å²) < 4.78 is 40.4. The van der Waals surface area contributed by atoms with Gasteiger partial charge in [0.2, 0.25) is 5.75 Å². The summed E-state index contributed by atoms with van der Waals surface area (Å²) in [5.74, 6) is 1.33. The fraction of sp³-hybridized carbons (Fsp3) is 0.419. The fourth-order valence-corrected chi connectivity index (χ4v) is 5.84. The first-order valence-electron chi connectivity index (χ1n) is 13.5. The normalized spacial score (nSPS) is 22.7. The summed E-state index contributed by atoms with van der Waals surface area (Å²) in [5.41, 5.74) is 1.95. The maximum absolute atomic E-state index is 11.1. The van der Waals surface area contributed by atoms with E-state index in [1.807, 2.05) is 6.07 Å². The molecule has 11 heteroatoms. The Morgan fingerprint density at radius 2 is 1.33 bits per heavy atom. The molecule has 0 spiro atoms. The van der Waals surface area contributed by atoms with Gasteiger partial charge in [-0.25, -0.2) is 0 Å². The molecular weight excluding hydrogens is 548 g/mol. The van der Waals surface area contributed by atoms with E-state index in [0.717, 1.165) is 11.1 Å². The van der Waals surface area contributed by atoms with Gasteiger partial charge >= 0.3 is 0 Å². The Labute approximate surface area is 243 Å². The van der Waals surface area contributed by atoms with E-state index < -0.39 is 18.8 Å². The van der Waals surface area contributed by atoms with Gasteiger partial charge in [-0.2, -0.15) is 0 Å². The number of aliphatic hydroxyl groups excluding tert-OH is 2. The lowest BCUT2D eigenvalue weighted by Gasteiger charge is -2.27. The zero-order chi connectivity index (χ0) is 30.0. The van der Waals surface area contributed by atoms with E-state index in [0.29, 0.717) is 30.5 Å². The van der Waals surface area contributed by atoms with E-state index in [-0.39, 0.29) is 52.6 Å². The molecule has 4 N–H and O–H groups in total. The highest BCUT2D eigenvalue weighted by molar-refractivity contribution is 5.55. The summed E-state index contributed by atoms with van der Waals surface area (Å²) in [6, 6.07) is 13.4. The Hall–Kier alpha value is -3.90. The van der Waals surface area contributed by atoms with Crippen LogP contribution in [0.1, 0.15) is 35.0 Å². The largest absolute Gasteiger partial charge is 0.504 e. The Balaban J connectivity index is 1.40. The van der Waals surface area contributed by atoms with E-state index in [9.17, 15) is 20.4 Å². The molecule has 11 nitrogen and oxygen atoms in total. The molecule has 6 atom stereocenters. The van der Waals surface area contributed by atoms with Crippen molar-refractivity contribution in [2.75, 3.05) is 48.3 Å². The van der Waals surface area contributed by atoms with Crippen LogP contribution in [0.25, 0.3) is 0 Å². The summed E-state index contributed by atoms with van der Waals surface area (Å²) in [4.78, 5) is 0. The van der Waals surface area contributed by atoms with Crippen molar-refractivity contribution >= 4 is 0 Å². The van der Waals surface area contributed by atoms with Crippen LogP contribution >= 0.6 is 0 Å². The number of rotatable bonds is 11. The lowest BCUT2D eigenvalue weighted by molar-refractivity contribution is -0.00302. The molecule has 2 saturated heterocycles. The first-order valence-corrected chi connectivity index (χ1v) is 13.5. The van der Waals surface area contributed by atoms with Gasteiger partial charge in [-0.05, 0) is 41.5 Å². The molecule has 5 rings (SSSR count). The van der Waals surface area contributed by atoms with Crippen LogP contribution in [-0.2, 0) is 9.47 Å². The van der Waals surface area contributed by atoms with Crippen LogP contribution in [0.2, 0.25) is 0 Å². The Kier molecular flexibility index (Phi) is 8.83. The lowest BCUT2D eigenvalue weighted by atomic mass is 9.84. The first kappa shape index (κ1) is 29.6. The third-order valence-corrected chi connectivity index (χ3v) is 7.96. The highest BCUT2D eigenvalue weighted by Crippen LogP contribution is 2.53. The molecule has 2 aliphatic rings. The predicted molar refractivity (Wildman–Crippen MR) is 150 cm³/mol. The van der Waals surface area contributed by atoms with Crippen molar-refractivity contribution in [2.24, 2.45) is 11.8 Å². The molecule has 0 radical (unpaired) electrons. The molecule has 42 heavy (non-hydrogen) atoms. The quantitative estimate of drug-likeness (QED) is 0.262. The van der Waals surface area contributed by atoms with Gasteiger partial charge in [-0.3, -0.25) is 0 Å². The molecule has 0 saturated carbocycles. The third-order valence-electron chi connectivity index (χ3n) is 7.96. The van der Waals surface area contributed by atoms with Crippen LogP contribution in [0.3, 0.4) is 0 Å². The van der Waals surface area contributed by atoms with Gasteiger partial charge in [0, 0.05) is 17.4 Å². The van der Waals surface area contributed by atoms with E-state index in [1.165, 1.54) is 34.5 Å². The summed E-state index contributed by atoms with van der Waals surface area (Å²) in [7, 11) is 5.85. The average Bonchev–Trinajstić information content (AvgIpc) is 3.62. The summed E-state index contributed by atoms with van der Waals surface area (Å²) >= 11 is 0. The minimum absolute atomic E-state index is 0.0428. The molecule has 0 unspecified atom stereocenters. The number of phenolic OH excluding ortho intramolecular Hbond substituents is 2. The second kappa shape index (κ2) is 12.5. The van der Waals surface area contributed by atoms with Gasteiger partial charge in [0.05, 0.1) is 60.5 Å². The number of hydrogen-bond donors (Lipinski definition) is 4. The molecule has 0 aromatic heterocycles. The van der Waals surface area contributed by atoms with Crippen LogP contribution in [-0.4, -0.2) is 74.8 Å². The van der Waals surface area contributed by atoms with Gasteiger partial charge < -0.3 is 53.6 Å². The maximum Gasteiger partial charge on any atom is 0.204 e. The van der Waals surface area contributed by atoms with E-state index >= 15 is 0 Å². The first-order chi connectivity index (χ1) is 20.3. The predicted octanol–water partition coefficient (Wildman–Crippen LogP) is 3.68. The number of methoxy groups -OCH3 is 4. The zero-order valence-electron chi connectivity index (χ0n) is 23.9. The van der Waals surface area contributed by atoms with Gasteiger partial charge in [0.1, 0.15) is 6.10 Å². The number of benzene rings is 3. The van der Waals surface area contributed by atoms with Crippen molar-refractivity contribution < 1.29 is 53.6 Å². The molecule has 2 heterocycles. The lowest BCUT2D eigenvalue weighted by Crippen LogP contribution is -2.30. The molecule has 2 fully saturated rings. The number of aromatic hydroxyl groups is 2. The Morgan fingerprint density at radius 1 is 0.738 bits per heavy atom. The molecule has 226 valence electrons. The minimum Gasteiger partial charge on any atom is -0.504 e. The average molecular weight is 585 g/mol. The van der Waals surface area contributed by atoms with Crippen LogP contribution in [0.15, 0.2) is 48.5 Å². The van der Waals surface area contributed by atoms with Gasteiger partial charge in [0.25, 0.3) is 0 Å². The van der Waals surface area contributed by atoms with Gasteiger partial charge in [0.15, 0.2) is 40.6 Å². The number of aliphatic hydroxyl groups is 2. The monoisotopic (exact) mass is 584 g/mol. The highest BCUT2D eigenvalue weighted by Gasteiger charge is 2.48. The minimum atomic E-state index is -1.35. The van der Waals surface area contributed by atoms with Crippen molar-refractivity contribution in [3.63, 3.8) is 0 Å². The second-order valence-electron chi connectivity index (χ2n) is 10.2. The second-order valence-corrected chi connectivity index (χ2v) is 10.2. The Bertz CT molecular complexity index is 1370. The number of hydrogen-bond acceptors (Lipinski definition) is 11. The molecule has 3 aromatic rings. The van der Waals surface area contributed by atoms with Crippen LogP contribution in [0.5, 0.6) is 40.2 Å². The molecule has 3 aromatic carbocycles. The SMILES string of the molecule is COc1cc([C@@H]2OC[C@@H]3[C@H]2CO[C@H]3c2cc(OC)c(O[C@@H](CO)[C@H](O)c3cccc(O)c3OC)c(OC)c2)ccc1O. The number of fused-ring (bicyclic) bond motifs is 1. The standard InChI is InChI=1S/C31H36O11/c1-36-23-10-16(8-9-21(23)33)28-19-14-41-29(20(19)15-40-28)17-11-24(37-2)31(25(12-17)38-3)42-26(13-32)27(35)18-6-5-7-22(34)30(18)39-4/h5-12,19-20,26-29,32-35H,13-15H2,1-4H3/t19-,20-,26+,27-,28+,29+/m1/s1. The molecule has 0 amide bonds. The van der Waals surface area contributed by atoms with Crippen molar-refractivity contribution in [1.29, 1.82) is 0 Å². The summed E-state index contributed by atoms with van der Waals surface area (Å²) in [6.45, 7) is 0.386. The molecular formula is C31H36O11.